The van der Waals surface area contributed by atoms with Gasteiger partial charge >= 0.3 is 5.91 Å². The molecule has 1 aromatic carbocycles. The zero-order valence-corrected chi connectivity index (χ0v) is 19.9. The standard InChI is InChI=1S/C24H22F4N6O4/c1-13(23(36)32-20-10-31-21(11-30-20)38-19-3-2-15(25)9-17(19)26)33-7-5-24(27,28)16(12-33)14-4-6-34(37)18(8-14)22(29)35/h2-4,6,8-11,13,16H,5,7,12H2,1H3,(H2,29,35)(H,30,32,36). The third kappa shape index (κ3) is 5.80. The number of ether oxygens (including phenoxy) is 1. The van der Waals surface area contributed by atoms with Crippen molar-refractivity contribution in [3.63, 3.8) is 0 Å². The van der Waals surface area contributed by atoms with Crippen LogP contribution in [0.5, 0.6) is 11.6 Å². The van der Waals surface area contributed by atoms with Gasteiger partial charge in [0.15, 0.2) is 23.6 Å². The molecule has 1 fully saturated rings. The summed E-state index contributed by atoms with van der Waals surface area (Å²) in [5.41, 5.74) is 4.75. The minimum Gasteiger partial charge on any atom is -0.618 e. The summed E-state index contributed by atoms with van der Waals surface area (Å²) in [4.78, 5) is 33.8. The fraction of sp³-hybridized carbons (Fsp3) is 0.292. The van der Waals surface area contributed by atoms with Crippen LogP contribution in [0.25, 0.3) is 0 Å². The normalized spacial score (nSPS) is 18.0. The maximum absolute atomic E-state index is 14.8. The number of primary amides is 1. The van der Waals surface area contributed by atoms with Crippen molar-refractivity contribution in [2.24, 2.45) is 5.73 Å². The molecule has 2 aromatic heterocycles. The number of aromatic nitrogens is 3. The van der Waals surface area contributed by atoms with E-state index in [1.54, 1.807) is 4.90 Å². The van der Waals surface area contributed by atoms with Crippen LogP contribution in [0.2, 0.25) is 0 Å². The molecule has 2 atom stereocenters. The zero-order valence-electron chi connectivity index (χ0n) is 19.9. The first-order chi connectivity index (χ1) is 17.9. The lowest BCUT2D eigenvalue weighted by Gasteiger charge is -2.40. The molecule has 0 aliphatic carbocycles. The molecule has 2 amide bonds. The van der Waals surface area contributed by atoms with E-state index in [9.17, 15) is 32.4 Å². The summed E-state index contributed by atoms with van der Waals surface area (Å²) in [6.07, 6.45) is 2.66. The molecular formula is C24H22F4N6O4. The molecule has 3 aromatic rings. The number of rotatable bonds is 7. The molecule has 4 rings (SSSR count). The minimum absolute atomic E-state index is 0.0295. The fourth-order valence-corrected chi connectivity index (χ4v) is 4.03. The van der Waals surface area contributed by atoms with Crippen molar-refractivity contribution in [2.45, 2.75) is 31.2 Å². The Bertz CT molecular complexity index is 1360. The number of nitrogens with zero attached hydrogens (tertiary/aromatic N) is 4. The number of pyridine rings is 1. The molecule has 2 unspecified atom stereocenters. The maximum atomic E-state index is 14.8. The maximum Gasteiger partial charge on any atom is 0.314 e. The minimum atomic E-state index is -3.15. The van der Waals surface area contributed by atoms with Gasteiger partial charge in [-0.15, -0.1) is 0 Å². The van der Waals surface area contributed by atoms with Crippen LogP contribution in [-0.2, 0) is 4.79 Å². The van der Waals surface area contributed by atoms with Gasteiger partial charge in [0.25, 0.3) is 11.6 Å². The Labute approximate surface area is 213 Å². The number of hydrogen-bond acceptors (Lipinski definition) is 7. The van der Waals surface area contributed by atoms with E-state index in [0.717, 1.165) is 36.8 Å². The topological polar surface area (TPSA) is 137 Å². The average Bonchev–Trinajstić information content (AvgIpc) is 2.86. The Morgan fingerprint density at radius 2 is 2.00 bits per heavy atom. The van der Waals surface area contributed by atoms with Crippen LogP contribution in [0.4, 0.5) is 23.4 Å². The van der Waals surface area contributed by atoms with E-state index in [1.807, 2.05) is 0 Å². The van der Waals surface area contributed by atoms with Gasteiger partial charge in [0, 0.05) is 37.7 Å². The van der Waals surface area contributed by atoms with Gasteiger partial charge in [-0.1, -0.05) is 0 Å². The van der Waals surface area contributed by atoms with E-state index in [-0.39, 0.29) is 40.8 Å². The quantitative estimate of drug-likeness (QED) is 0.270. The molecule has 0 spiro atoms. The van der Waals surface area contributed by atoms with Crippen LogP contribution in [0.3, 0.4) is 0 Å². The van der Waals surface area contributed by atoms with Gasteiger partial charge in [-0.05, 0) is 24.6 Å². The number of anilines is 1. The van der Waals surface area contributed by atoms with Crippen molar-refractivity contribution < 1.29 is 36.6 Å². The highest BCUT2D eigenvalue weighted by molar-refractivity contribution is 5.93. The molecule has 1 saturated heterocycles. The highest BCUT2D eigenvalue weighted by Crippen LogP contribution is 2.40. The lowest BCUT2D eigenvalue weighted by molar-refractivity contribution is -0.607. The van der Waals surface area contributed by atoms with E-state index in [0.29, 0.717) is 6.07 Å². The predicted octanol–water partition coefficient (Wildman–Crippen LogP) is 2.73. The lowest BCUT2D eigenvalue weighted by atomic mass is 9.86. The van der Waals surface area contributed by atoms with E-state index < -0.39 is 53.4 Å². The van der Waals surface area contributed by atoms with Crippen LogP contribution in [0, 0.1) is 16.8 Å². The first-order valence-corrected chi connectivity index (χ1v) is 11.3. The lowest BCUT2D eigenvalue weighted by Crippen LogP contribution is -2.52. The summed E-state index contributed by atoms with van der Waals surface area (Å²) >= 11 is 0. The molecule has 3 heterocycles. The Hall–Kier alpha value is -4.33. The number of nitrogens with one attached hydrogen (secondary N) is 1. The largest absolute Gasteiger partial charge is 0.618 e. The second-order valence-corrected chi connectivity index (χ2v) is 8.68. The average molecular weight is 534 g/mol. The SMILES string of the molecule is CC(C(=O)Nc1cnc(Oc2ccc(F)cc2F)cn1)N1CCC(F)(F)C(c2cc[n+]([O-])c(C(N)=O)c2)C1. The Balaban J connectivity index is 1.42. The number of benzene rings is 1. The third-order valence-corrected chi connectivity index (χ3v) is 6.17. The molecule has 10 nitrogen and oxygen atoms in total. The van der Waals surface area contributed by atoms with Crippen molar-refractivity contribution in [3.05, 3.63) is 77.0 Å². The number of nitrogens with two attached hydrogens (primary N) is 1. The summed E-state index contributed by atoms with van der Waals surface area (Å²) in [6, 6.07) is 4.12. The highest BCUT2D eigenvalue weighted by atomic mass is 19.3. The summed E-state index contributed by atoms with van der Waals surface area (Å²) in [7, 11) is 0. The van der Waals surface area contributed by atoms with Gasteiger partial charge in [-0.3, -0.25) is 14.5 Å². The van der Waals surface area contributed by atoms with Crippen LogP contribution in [0.1, 0.15) is 35.3 Å². The molecule has 0 radical (unpaired) electrons. The number of carbonyl (C=O) groups is 2. The number of halogens is 4. The molecule has 0 saturated carbocycles. The molecular weight excluding hydrogens is 512 g/mol. The summed E-state index contributed by atoms with van der Waals surface area (Å²) < 4.78 is 61.8. The van der Waals surface area contributed by atoms with E-state index in [2.05, 4.69) is 15.3 Å². The number of piperidine rings is 1. The van der Waals surface area contributed by atoms with E-state index in [1.165, 1.54) is 13.0 Å². The van der Waals surface area contributed by atoms with Gasteiger partial charge in [-0.25, -0.2) is 27.5 Å². The van der Waals surface area contributed by atoms with Crippen molar-refractivity contribution in [3.8, 4) is 11.6 Å². The molecule has 200 valence electrons. The summed E-state index contributed by atoms with van der Waals surface area (Å²) in [5.74, 6) is -8.20. The first kappa shape index (κ1) is 26.7. The molecule has 1 aliphatic rings. The number of carbonyl (C=O) groups excluding carboxylic acids is 2. The van der Waals surface area contributed by atoms with Gasteiger partial charge in [0.2, 0.25) is 11.8 Å². The van der Waals surface area contributed by atoms with E-state index >= 15 is 0 Å². The van der Waals surface area contributed by atoms with Crippen LogP contribution in [0.15, 0.2) is 48.9 Å². The first-order valence-electron chi connectivity index (χ1n) is 11.3. The highest BCUT2D eigenvalue weighted by Gasteiger charge is 2.47. The van der Waals surface area contributed by atoms with Crippen LogP contribution >= 0.6 is 0 Å². The predicted molar refractivity (Wildman–Crippen MR) is 124 cm³/mol. The van der Waals surface area contributed by atoms with Gasteiger partial charge in [0.1, 0.15) is 5.82 Å². The van der Waals surface area contributed by atoms with Crippen molar-refractivity contribution in [2.75, 3.05) is 18.4 Å². The van der Waals surface area contributed by atoms with Gasteiger partial charge in [-0.2, -0.15) is 4.73 Å². The van der Waals surface area contributed by atoms with Crippen LogP contribution < -0.4 is 20.5 Å². The number of likely N-dealkylation sites (tertiary alicyclic amines) is 1. The smallest absolute Gasteiger partial charge is 0.314 e. The zero-order chi connectivity index (χ0) is 27.6. The Morgan fingerprint density at radius 1 is 1.24 bits per heavy atom. The molecule has 38 heavy (non-hydrogen) atoms. The summed E-state index contributed by atoms with van der Waals surface area (Å²) in [5, 5.41) is 14.3. The van der Waals surface area contributed by atoms with Crippen molar-refractivity contribution in [1.29, 1.82) is 0 Å². The molecule has 1 aliphatic heterocycles. The van der Waals surface area contributed by atoms with Crippen molar-refractivity contribution in [1.82, 2.24) is 14.9 Å². The van der Waals surface area contributed by atoms with E-state index in [4.69, 9.17) is 10.5 Å². The number of amides is 2. The molecule has 0 bridgehead atoms. The monoisotopic (exact) mass is 534 g/mol. The summed E-state index contributed by atoms with van der Waals surface area (Å²) in [6.45, 7) is 1.21. The Kier molecular flexibility index (Phi) is 7.44. The van der Waals surface area contributed by atoms with Crippen LogP contribution in [-0.4, -0.2) is 51.7 Å². The number of alkyl halides is 2. The fourth-order valence-electron chi connectivity index (χ4n) is 4.03. The second-order valence-electron chi connectivity index (χ2n) is 8.68. The third-order valence-electron chi connectivity index (χ3n) is 6.17. The number of hydrogen-bond donors (Lipinski definition) is 2. The second kappa shape index (κ2) is 10.6. The molecule has 14 heteroatoms. The van der Waals surface area contributed by atoms with Gasteiger partial charge < -0.3 is 21.0 Å². The van der Waals surface area contributed by atoms with Crippen molar-refractivity contribution >= 4 is 17.6 Å². The Morgan fingerprint density at radius 3 is 2.66 bits per heavy atom. The van der Waals surface area contributed by atoms with Gasteiger partial charge in [0.05, 0.1) is 24.4 Å². The molecule has 3 N–H and O–H groups in total.